The third-order valence-electron chi connectivity index (χ3n) is 2.53. The fraction of sp³-hybridized carbons (Fsp3) is 0.0909. The number of carbonyl (C=O) groups is 1. The maximum absolute atomic E-state index is 11.5. The van der Waals surface area contributed by atoms with Gasteiger partial charge in [0.25, 0.3) is 0 Å². The first-order chi connectivity index (χ1) is 6.84. The summed E-state index contributed by atoms with van der Waals surface area (Å²) in [5, 5.41) is 0. The summed E-state index contributed by atoms with van der Waals surface area (Å²) in [5.74, 6) is 0.0925. The van der Waals surface area contributed by atoms with Gasteiger partial charge in [0.1, 0.15) is 0 Å². The van der Waals surface area contributed by atoms with Gasteiger partial charge >= 0.3 is 0 Å². The zero-order valence-corrected chi connectivity index (χ0v) is 7.47. The van der Waals surface area contributed by atoms with Crippen LogP contribution in [0, 0.1) is 0 Å². The number of aromatic nitrogens is 2. The average molecular weight is 184 g/mol. The lowest BCUT2D eigenvalue weighted by molar-refractivity contribution is -0.111. The molecule has 0 spiro atoms. The average Bonchev–Trinajstić information content (AvgIpc) is 2.62. The number of hydrogen-bond donors (Lipinski definition) is 0. The number of imidazole rings is 1. The van der Waals surface area contributed by atoms with Crippen LogP contribution in [0.3, 0.4) is 0 Å². The van der Waals surface area contributed by atoms with Gasteiger partial charge in [-0.3, -0.25) is 4.79 Å². The summed E-state index contributed by atoms with van der Waals surface area (Å²) in [6.07, 6.45) is 10.8. The number of carbonyl (C=O) groups excluding carboxylic acids is 1. The van der Waals surface area contributed by atoms with Gasteiger partial charge in [-0.1, -0.05) is 12.2 Å². The molecule has 0 unspecified atom stereocenters. The van der Waals surface area contributed by atoms with Gasteiger partial charge in [-0.15, -0.1) is 0 Å². The van der Waals surface area contributed by atoms with E-state index in [4.69, 9.17) is 0 Å². The first kappa shape index (κ1) is 7.50. The van der Waals surface area contributed by atoms with Crippen molar-refractivity contribution >= 4 is 11.9 Å². The smallest absolute Gasteiger partial charge is 0.186 e. The summed E-state index contributed by atoms with van der Waals surface area (Å²) in [6, 6.07) is 0. The van der Waals surface area contributed by atoms with Gasteiger partial charge in [0.15, 0.2) is 5.78 Å². The number of hydrogen-bond acceptors (Lipinski definition) is 2. The van der Waals surface area contributed by atoms with Crippen LogP contribution in [0.4, 0.5) is 0 Å². The van der Waals surface area contributed by atoms with Crippen molar-refractivity contribution in [1.82, 2.24) is 9.55 Å². The normalized spacial score (nSPS) is 18.4. The number of fused-ring (bicyclic) bond motifs is 2. The second-order valence-corrected chi connectivity index (χ2v) is 3.42. The molecule has 0 fully saturated rings. The molecule has 0 saturated heterocycles. The Labute approximate surface area is 81.1 Å². The first-order valence-electron chi connectivity index (χ1n) is 4.48. The summed E-state index contributed by atoms with van der Waals surface area (Å²) >= 11 is 0. The van der Waals surface area contributed by atoms with Gasteiger partial charge in [-0.25, -0.2) is 4.98 Å². The van der Waals surface area contributed by atoms with Gasteiger partial charge < -0.3 is 4.57 Å². The van der Waals surface area contributed by atoms with Gasteiger partial charge in [0.05, 0.1) is 18.2 Å². The van der Waals surface area contributed by atoms with Crippen molar-refractivity contribution in [2.45, 2.75) is 6.54 Å². The van der Waals surface area contributed by atoms with E-state index in [1.165, 1.54) is 0 Å². The van der Waals surface area contributed by atoms with Crippen molar-refractivity contribution in [3.63, 3.8) is 0 Å². The molecular formula is C11H8N2O. The third-order valence-corrected chi connectivity index (χ3v) is 2.53. The number of rotatable bonds is 0. The lowest BCUT2D eigenvalue weighted by Gasteiger charge is -2.19. The van der Waals surface area contributed by atoms with Crippen LogP contribution in [0.1, 0.15) is 5.69 Å². The van der Waals surface area contributed by atoms with E-state index < -0.39 is 0 Å². The predicted octanol–water partition coefficient (Wildman–Crippen LogP) is 1.35. The van der Waals surface area contributed by atoms with Crippen LogP contribution in [0.5, 0.6) is 0 Å². The second kappa shape index (κ2) is 2.54. The maximum Gasteiger partial charge on any atom is 0.186 e. The van der Waals surface area contributed by atoms with E-state index in [0.717, 1.165) is 23.4 Å². The Bertz CT molecular complexity index is 503. The molecule has 2 heterocycles. The molecule has 1 aromatic rings. The lowest BCUT2D eigenvalue weighted by Crippen LogP contribution is -2.15. The van der Waals surface area contributed by atoms with Crippen molar-refractivity contribution in [3.05, 3.63) is 47.6 Å². The van der Waals surface area contributed by atoms with Crippen molar-refractivity contribution in [1.29, 1.82) is 0 Å². The Kier molecular flexibility index (Phi) is 1.36. The van der Waals surface area contributed by atoms with E-state index in [1.807, 2.05) is 16.7 Å². The standard InChI is InChI=1S/C11H8N2O/c14-11-3-1-2-8-6-13-7-12-5-9(13)4-10(8)11/h1-5,7H,6H2. The van der Waals surface area contributed by atoms with Crippen molar-refractivity contribution in [3.8, 4) is 0 Å². The van der Waals surface area contributed by atoms with Crippen LogP contribution in [0.15, 0.2) is 41.9 Å². The molecule has 14 heavy (non-hydrogen) atoms. The minimum Gasteiger partial charge on any atom is -0.327 e. The highest BCUT2D eigenvalue weighted by Gasteiger charge is 2.20. The molecule has 2 aliphatic rings. The third kappa shape index (κ3) is 0.923. The van der Waals surface area contributed by atoms with Gasteiger partial charge in [0, 0.05) is 12.1 Å². The van der Waals surface area contributed by atoms with Gasteiger partial charge in [-0.2, -0.15) is 0 Å². The van der Waals surface area contributed by atoms with Crippen LogP contribution in [-0.4, -0.2) is 15.3 Å². The molecule has 3 rings (SSSR count). The van der Waals surface area contributed by atoms with Crippen LogP contribution < -0.4 is 0 Å². The van der Waals surface area contributed by atoms with Crippen LogP contribution in [0.25, 0.3) is 6.08 Å². The highest BCUT2D eigenvalue weighted by molar-refractivity contribution is 6.12. The number of allylic oxidation sites excluding steroid dienone is 5. The Morgan fingerprint density at radius 2 is 2.36 bits per heavy atom. The van der Waals surface area contributed by atoms with E-state index in [-0.39, 0.29) is 5.78 Å². The van der Waals surface area contributed by atoms with E-state index in [0.29, 0.717) is 0 Å². The van der Waals surface area contributed by atoms with Gasteiger partial charge in [-0.05, 0) is 17.7 Å². The molecule has 0 bridgehead atoms. The van der Waals surface area contributed by atoms with E-state index in [2.05, 4.69) is 4.98 Å². The zero-order valence-electron chi connectivity index (χ0n) is 7.47. The molecule has 68 valence electrons. The molecule has 0 aromatic carbocycles. The van der Waals surface area contributed by atoms with Crippen molar-refractivity contribution in [2.24, 2.45) is 0 Å². The predicted molar refractivity (Wildman–Crippen MR) is 52.4 cm³/mol. The molecule has 0 atom stereocenters. The highest BCUT2D eigenvalue weighted by Crippen LogP contribution is 2.26. The minimum absolute atomic E-state index is 0.0925. The SMILES string of the molecule is O=C1C=CC=C2Cn3cncc3C=C12. The molecule has 3 heteroatoms. The molecule has 0 saturated carbocycles. The molecule has 1 aromatic heterocycles. The quantitative estimate of drug-likeness (QED) is 0.610. The van der Waals surface area contributed by atoms with Crippen molar-refractivity contribution in [2.75, 3.05) is 0 Å². The van der Waals surface area contributed by atoms with Gasteiger partial charge in [0.2, 0.25) is 0 Å². The van der Waals surface area contributed by atoms with E-state index in [9.17, 15) is 4.79 Å². The summed E-state index contributed by atoms with van der Waals surface area (Å²) in [7, 11) is 0. The molecule has 0 amide bonds. The van der Waals surface area contributed by atoms with E-state index in [1.54, 1.807) is 24.7 Å². The molecular weight excluding hydrogens is 176 g/mol. The molecule has 3 nitrogen and oxygen atoms in total. The number of nitrogens with zero attached hydrogens (tertiary/aromatic N) is 2. The molecule has 1 aliphatic heterocycles. The Balaban J connectivity index is 2.20. The maximum atomic E-state index is 11.5. The van der Waals surface area contributed by atoms with Crippen LogP contribution in [-0.2, 0) is 11.3 Å². The lowest BCUT2D eigenvalue weighted by atomic mass is 9.94. The fourth-order valence-electron chi connectivity index (χ4n) is 1.81. The van der Waals surface area contributed by atoms with Crippen LogP contribution in [0.2, 0.25) is 0 Å². The zero-order chi connectivity index (χ0) is 9.54. The minimum atomic E-state index is 0.0925. The largest absolute Gasteiger partial charge is 0.327 e. The summed E-state index contributed by atoms with van der Waals surface area (Å²) < 4.78 is 2.03. The monoisotopic (exact) mass is 184 g/mol. The Hall–Kier alpha value is -1.90. The first-order valence-corrected chi connectivity index (χ1v) is 4.48. The van der Waals surface area contributed by atoms with Crippen molar-refractivity contribution < 1.29 is 4.79 Å². The summed E-state index contributed by atoms with van der Waals surface area (Å²) in [5.41, 5.74) is 2.88. The highest BCUT2D eigenvalue weighted by atomic mass is 16.1. The summed E-state index contributed by atoms with van der Waals surface area (Å²) in [4.78, 5) is 15.6. The molecule has 0 radical (unpaired) electrons. The molecule has 1 aliphatic carbocycles. The molecule has 0 N–H and O–H groups in total. The fourth-order valence-corrected chi connectivity index (χ4v) is 1.81. The summed E-state index contributed by atoms with van der Waals surface area (Å²) in [6.45, 7) is 0.747. The Morgan fingerprint density at radius 3 is 3.29 bits per heavy atom. The number of ketones is 1. The topological polar surface area (TPSA) is 34.9 Å². The van der Waals surface area contributed by atoms with E-state index >= 15 is 0 Å². The van der Waals surface area contributed by atoms with Crippen LogP contribution >= 0.6 is 0 Å². The Morgan fingerprint density at radius 1 is 1.43 bits per heavy atom. The second-order valence-electron chi connectivity index (χ2n) is 3.42.